The van der Waals surface area contributed by atoms with Crippen molar-refractivity contribution in [2.45, 2.75) is 19.5 Å². The second kappa shape index (κ2) is 8.91. The molecule has 0 spiro atoms. The van der Waals surface area contributed by atoms with Crippen LogP contribution in [0.1, 0.15) is 12.5 Å². The highest BCUT2D eigenvalue weighted by molar-refractivity contribution is 5.79. The van der Waals surface area contributed by atoms with E-state index in [-0.39, 0.29) is 11.9 Å². The Morgan fingerprint density at radius 2 is 1.74 bits per heavy atom. The van der Waals surface area contributed by atoms with Gasteiger partial charge in [0.25, 0.3) is 5.91 Å². The normalized spacial score (nSPS) is 16.0. The lowest BCUT2D eigenvalue weighted by molar-refractivity contribution is -0.915. The summed E-state index contributed by atoms with van der Waals surface area (Å²) >= 11 is 0. The van der Waals surface area contributed by atoms with Crippen molar-refractivity contribution in [2.24, 2.45) is 0 Å². The summed E-state index contributed by atoms with van der Waals surface area (Å²) in [7, 11) is 3.61. The number of carbonyl (C=O) groups is 1. The van der Waals surface area contributed by atoms with E-state index in [1.165, 1.54) is 4.90 Å². The molecule has 1 aliphatic rings. The first-order valence-electron chi connectivity index (χ1n) is 9.61. The molecule has 0 unspecified atom stereocenters. The number of methoxy groups -OCH3 is 1. The van der Waals surface area contributed by atoms with E-state index in [1.807, 2.05) is 48.3 Å². The summed E-state index contributed by atoms with van der Waals surface area (Å²) < 4.78 is 5.49. The van der Waals surface area contributed by atoms with Crippen LogP contribution in [0.5, 0.6) is 5.75 Å². The smallest absolute Gasteiger partial charge is 0.280 e. The van der Waals surface area contributed by atoms with E-state index >= 15 is 0 Å². The van der Waals surface area contributed by atoms with Gasteiger partial charge in [-0.2, -0.15) is 0 Å². The van der Waals surface area contributed by atoms with Crippen molar-refractivity contribution in [2.75, 3.05) is 45.2 Å². The van der Waals surface area contributed by atoms with Gasteiger partial charge in [-0.25, -0.2) is 0 Å². The van der Waals surface area contributed by atoms with Crippen LogP contribution in [-0.4, -0.2) is 57.2 Å². The van der Waals surface area contributed by atoms with Crippen molar-refractivity contribution < 1.29 is 14.4 Å². The molecule has 1 amide bonds. The number of amides is 1. The average molecular weight is 369 g/mol. The Labute approximate surface area is 162 Å². The number of quaternary nitrogens is 1. The van der Waals surface area contributed by atoms with Crippen LogP contribution in [0, 0.1) is 0 Å². The van der Waals surface area contributed by atoms with Gasteiger partial charge < -0.3 is 19.4 Å². The van der Waals surface area contributed by atoms with Gasteiger partial charge in [-0.1, -0.05) is 42.5 Å². The van der Waals surface area contributed by atoms with Gasteiger partial charge in [-0.05, 0) is 24.6 Å². The number of benzene rings is 2. The minimum absolute atomic E-state index is 0.0291. The quantitative estimate of drug-likeness (QED) is 0.839. The molecule has 5 nitrogen and oxygen atoms in total. The molecule has 2 aromatic carbocycles. The third kappa shape index (κ3) is 4.61. The Morgan fingerprint density at radius 3 is 2.41 bits per heavy atom. The highest BCUT2D eigenvalue weighted by Crippen LogP contribution is 2.27. The van der Waals surface area contributed by atoms with Crippen molar-refractivity contribution in [3.8, 4) is 5.75 Å². The number of nitrogens with zero attached hydrogens (tertiary/aromatic N) is 2. The third-order valence-electron chi connectivity index (χ3n) is 5.45. The van der Waals surface area contributed by atoms with Gasteiger partial charge in [-0.3, -0.25) is 4.79 Å². The summed E-state index contributed by atoms with van der Waals surface area (Å²) in [6.45, 7) is 6.46. The van der Waals surface area contributed by atoms with Crippen LogP contribution in [0.15, 0.2) is 54.6 Å². The van der Waals surface area contributed by atoms with Crippen molar-refractivity contribution in [3.63, 3.8) is 0 Å². The van der Waals surface area contributed by atoms with Crippen LogP contribution < -0.4 is 14.5 Å². The molecule has 5 heteroatoms. The number of carbonyl (C=O) groups excluding carboxylic acids is 1. The number of nitrogens with one attached hydrogen (secondary N) is 1. The van der Waals surface area contributed by atoms with E-state index in [4.69, 9.17) is 4.74 Å². The standard InChI is InChI=1S/C22H29N3O2/c1-18(22(26)23(2)17-19-9-5-4-6-10-19)24-13-15-25(16-14-24)20-11-7-8-12-21(20)27-3/h4-12,18H,13-17H2,1-3H3/p+1/t18-/m0/s1. The molecule has 0 radical (unpaired) electrons. The zero-order chi connectivity index (χ0) is 19.2. The summed E-state index contributed by atoms with van der Waals surface area (Å²) in [5.74, 6) is 1.12. The van der Waals surface area contributed by atoms with Gasteiger partial charge in [0, 0.05) is 13.6 Å². The molecule has 1 N–H and O–H groups in total. The lowest BCUT2D eigenvalue weighted by Crippen LogP contribution is -3.19. The third-order valence-corrected chi connectivity index (χ3v) is 5.45. The van der Waals surface area contributed by atoms with Crippen LogP contribution in [0.25, 0.3) is 0 Å². The Bertz CT molecular complexity index is 742. The highest BCUT2D eigenvalue weighted by Gasteiger charge is 2.31. The maximum Gasteiger partial charge on any atom is 0.280 e. The maximum absolute atomic E-state index is 12.9. The first-order valence-corrected chi connectivity index (χ1v) is 9.61. The topological polar surface area (TPSA) is 37.2 Å². The first kappa shape index (κ1) is 19.2. The van der Waals surface area contributed by atoms with Gasteiger partial charge in [0.15, 0.2) is 6.04 Å². The van der Waals surface area contributed by atoms with Gasteiger partial charge in [0.1, 0.15) is 5.75 Å². The maximum atomic E-state index is 12.9. The molecule has 3 rings (SSSR count). The molecular formula is C22H30N3O2+. The molecule has 0 bridgehead atoms. The fourth-order valence-electron chi connectivity index (χ4n) is 3.80. The molecule has 0 aliphatic carbocycles. The minimum atomic E-state index is -0.0291. The molecule has 0 saturated carbocycles. The van der Waals surface area contributed by atoms with Gasteiger partial charge in [0.05, 0.1) is 39.0 Å². The van der Waals surface area contributed by atoms with E-state index in [2.05, 4.69) is 30.0 Å². The molecular weight excluding hydrogens is 338 g/mol. The van der Waals surface area contributed by atoms with Crippen LogP contribution in [0.3, 0.4) is 0 Å². The Morgan fingerprint density at radius 1 is 1.11 bits per heavy atom. The second-order valence-electron chi connectivity index (χ2n) is 7.22. The van der Waals surface area contributed by atoms with E-state index in [0.717, 1.165) is 43.2 Å². The minimum Gasteiger partial charge on any atom is -0.495 e. The lowest BCUT2D eigenvalue weighted by atomic mass is 10.1. The number of piperazine rings is 1. The number of likely N-dealkylation sites (N-methyl/N-ethyl adjacent to an activating group) is 1. The molecule has 144 valence electrons. The van der Waals surface area contributed by atoms with E-state index in [1.54, 1.807) is 7.11 Å². The van der Waals surface area contributed by atoms with Gasteiger partial charge >= 0.3 is 0 Å². The second-order valence-corrected chi connectivity index (χ2v) is 7.22. The zero-order valence-electron chi connectivity index (χ0n) is 16.5. The molecule has 1 aliphatic heterocycles. The van der Waals surface area contributed by atoms with Crippen molar-refractivity contribution in [1.82, 2.24) is 4.90 Å². The van der Waals surface area contributed by atoms with Crippen LogP contribution in [-0.2, 0) is 11.3 Å². The number of anilines is 1. The zero-order valence-corrected chi connectivity index (χ0v) is 16.5. The lowest BCUT2D eigenvalue weighted by Gasteiger charge is -2.37. The van der Waals surface area contributed by atoms with E-state index in [9.17, 15) is 4.79 Å². The molecule has 0 aromatic heterocycles. The first-order chi connectivity index (χ1) is 13.1. The van der Waals surface area contributed by atoms with Crippen molar-refractivity contribution in [3.05, 3.63) is 60.2 Å². The summed E-state index contributed by atoms with van der Waals surface area (Å²) in [5, 5.41) is 0. The summed E-state index contributed by atoms with van der Waals surface area (Å²) in [4.78, 5) is 18.4. The van der Waals surface area contributed by atoms with E-state index < -0.39 is 0 Å². The molecule has 27 heavy (non-hydrogen) atoms. The number of para-hydroxylation sites is 2. The fourth-order valence-corrected chi connectivity index (χ4v) is 3.80. The van der Waals surface area contributed by atoms with Gasteiger partial charge in [0.2, 0.25) is 0 Å². The predicted octanol–water partition coefficient (Wildman–Crippen LogP) is 1.45. The summed E-state index contributed by atoms with van der Waals surface area (Å²) in [5.41, 5.74) is 2.30. The predicted molar refractivity (Wildman–Crippen MR) is 108 cm³/mol. The molecule has 1 atom stereocenters. The Hall–Kier alpha value is -2.53. The van der Waals surface area contributed by atoms with Crippen LogP contribution >= 0.6 is 0 Å². The fraction of sp³-hybridized carbons (Fsp3) is 0.409. The number of hydrogen-bond acceptors (Lipinski definition) is 3. The molecule has 1 saturated heterocycles. The van der Waals surface area contributed by atoms with Crippen molar-refractivity contribution in [1.29, 1.82) is 0 Å². The Kier molecular flexibility index (Phi) is 6.35. The van der Waals surface area contributed by atoms with Crippen LogP contribution in [0.2, 0.25) is 0 Å². The van der Waals surface area contributed by atoms with E-state index in [0.29, 0.717) is 6.54 Å². The molecule has 1 fully saturated rings. The summed E-state index contributed by atoms with van der Waals surface area (Å²) in [6.07, 6.45) is 0. The Balaban J connectivity index is 1.56. The number of ether oxygens (including phenoxy) is 1. The number of hydrogen-bond donors (Lipinski definition) is 1. The average Bonchev–Trinajstić information content (AvgIpc) is 2.73. The molecule has 2 aromatic rings. The summed E-state index contributed by atoms with van der Waals surface area (Å²) in [6, 6.07) is 18.3. The van der Waals surface area contributed by atoms with Crippen molar-refractivity contribution >= 4 is 11.6 Å². The molecule has 1 heterocycles. The number of rotatable bonds is 6. The SMILES string of the molecule is COc1ccccc1N1CC[NH+]([C@@H](C)C(=O)N(C)Cc2ccccc2)CC1. The highest BCUT2D eigenvalue weighted by atomic mass is 16.5. The van der Waals surface area contributed by atoms with Gasteiger partial charge in [-0.15, -0.1) is 0 Å². The monoisotopic (exact) mass is 368 g/mol. The largest absolute Gasteiger partial charge is 0.495 e. The van der Waals surface area contributed by atoms with Crippen LogP contribution in [0.4, 0.5) is 5.69 Å².